The Bertz CT molecular complexity index is 1370. The largest absolute Gasteiger partial charge is 0.469 e. The van der Waals surface area contributed by atoms with Crippen molar-refractivity contribution < 1.29 is 18.8 Å². The highest BCUT2D eigenvalue weighted by Gasteiger charge is 2.23. The summed E-state index contributed by atoms with van der Waals surface area (Å²) in [5, 5.41) is 7.66. The number of hydrogen-bond donors (Lipinski definition) is 1. The quantitative estimate of drug-likeness (QED) is 0.404. The van der Waals surface area contributed by atoms with E-state index in [1.165, 1.54) is 12.7 Å². The zero-order chi connectivity index (χ0) is 24.9. The minimum atomic E-state index is -0.253. The third-order valence-electron chi connectivity index (χ3n) is 6.49. The third kappa shape index (κ3) is 5.23. The van der Waals surface area contributed by atoms with Crippen LogP contribution in [0.25, 0.3) is 22.1 Å². The van der Waals surface area contributed by atoms with E-state index in [0.717, 1.165) is 41.7 Å². The number of esters is 1. The number of methoxy groups -OCH3 is 1. The molecule has 184 valence electrons. The van der Waals surface area contributed by atoms with Crippen LogP contribution >= 0.6 is 0 Å². The lowest BCUT2D eigenvalue weighted by atomic mass is 9.96. The van der Waals surface area contributed by atoms with Gasteiger partial charge in [-0.05, 0) is 40.5 Å². The number of benzene rings is 3. The molecule has 0 spiro atoms. The summed E-state index contributed by atoms with van der Waals surface area (Å²) >= 11 is 0. The molecule has 0 saturated carbocycles. The van der Waals surface area contributed by atoms with Crippen LogP contribution in [-0.4, -0.2) is 60.2 Å². The molecule has 5 rings (SSSR count). The molecule has 0 unspecified atom stereocenters. The van der Waals surface area contributed by atoms with Gasteiger partial charge in [0, 0.05) is 32.7 Å². The first-order valence-electron chi connectivity index (χ1n) is 12.0. The maximum atomic E-state index is 12.8. The predicted molar refractivity (Wildman–Crippen MR) is 137 cm³/mol. The molecule has 8 nitrogen and oxygen atoms in total. The number of rotatable bonds is 6. The van der Waals surface area contributed by atoms with Crippen molar-refractivity contribution in [3.05, 3.63) is 83.9 Å². The number of aromatic nitrogens is 1. The van der Waals surface area contributed by atoms with Crippen molar-refractivity contribution in [1.29, 1.82) is 0 Å². The highest BCUT2D eigenvalue weighted by atomic mass is 16.5. The summed E-state index contributed by atoms with van der Waals surface area (Å²) in [7, 11) is 1.41. The van der Waals surface area contributed by atoms with E-state index in [4.69, 9.17) is 9.26 Å². The van der Waals surface area contributed by atoms with Gasteiger partial charge in [-0.25, -0.2) is 4.79 Å². The van der Waals surface area contributed by atoms with Gasteiger partial charge < -0.3 is 14.2 Å². The predicted octanol–water partition coefficient (Wildman–Crippen LogP) is 4.56. The van der Waals surface area contributed by atoms with Crippen molar-refractivity contribution in [1.82, 2.24) is 15.0 Å². The number of urea groups is 1. The molecule has 0 radical (unpaired) electrons. The molecule has 1 fully saturated rings. The molecule has 4 aromatic rings. The van der Waals surface area contributed by atoms with Gasteiger partial charge in [0.05, 0.1) is 18.9 Å². The molecule has 0 atom stereocenters. The second-order valence-corrected chi connectivity index (χ2v) is 8.83. The molecule has 0 bridgehead atoms. The zero-order valence-electron chi connectivity index (χ0n) is 20.1. The summed E-state index contributed by atoms with van der Waals surface area (Å²) in [4.78, 5) is 28.8. The number of amides is 2. The molecule has 0 aliphatic carbocycles. The van der Waals surface area contributed by atoms with Gasteiger partial charge in [0.25, 0.3) is 0 Å². The minimum Gasteiger partial charge on any atom is -0.469 e. The highest BCUT2D eigenvalue weighted by molar-refractivity contribution is 5.98. The molecule has 1 aliphatic rings. The Morgan fingerprint density at radius 1 is 0.972 bits per heavy atom. The monoisotopic (exact) mass is 484 g/mol. The van der Waals surface area contributed by atoms with E-state index in [0.29, 0.717) is 24.5 Å². The number of hydrogen-bond acceptors (Lipinski definition) is 6. The first-order valence-corrected chi connectivity index (χ1v) is 12.0. The van der Waals surface area contributed by atoms with E-state index in [9.17, 15) is 9.59 Å². The van der Waals surface area contributed by atoms with E-state index in [1.54, 1.807) is 4.90 Å². The molecular weight excluding hydrogens is 456 g/mol. The Balaban J connectivity index is 1.20. The Morgan fingerprint density at radius 3 is 2.58 bits per heavy atom. The van der Waals surface area contributed by atoms with Crippen LogP contribution in [0.2, 0.25) is 0 Å². The van der Waals surface area contributed by atoms with Crippen LogP contribution in [0.1, 0.15) is 11.1 Å². The van der Waals surface area contributed by atoms with Gasteiger partial charge in [-0.15, -0.1) is 0 Å². The summed E-state index contributed by atoms with van der Waals surface area (Å²) in [5.41, 5.74) is 4.89. The molecule has 3 aromatic carbocycles. The Hall–Kier alpha value is -4.17. The summed E-state index contributed by atoms with van der Waals surface area (Å²) in [6.07, 6.45) is 0.241. The van der Waals surface area contributed by atoms with Crippen molar-refractivity contribution in [2.75, 3.05) is 38.6 Å². The lowest BCUT2D eigenvalue weighted by molar-refractivity contribution is -0.139. The van der Waals surface area contributed by atoms with Crippen LogP contribution in [-0.2, 0) is 22.5 Å². The van der Waals surface area contributed by atoms with Gasteiger partial charge in [-0.1, -0.05) is 59.8 Å². The number of carbonyl (C=O) groups excluding carboxylic acids is 2. The number of ether oxygens (including phenoxy) is 1. The fraction of sp³-hybridized carbons (Fsp3) is 0.250. The zero-order valence-corrected chi connectivity index (χ0v) is 20.1. The summed E-state index contributed by atoms with van der Waals surface area (Å²) < 4.78 is 10.1. The van der Waals surface area contributed by atoms with Crippen molar-refractivity contribution >= 4 is 28.8 Å². The molecule has 36 heavy (non-hydrogen) atoms. The Kier molecular flexibility index (Phi) is 6.95. The third-order valence-corrected chi connectivity index (χ3v) is 6.49. The maximum absolute atomic E-state index is 12.8. The number of carbonyl (C=O) groups is 2. The standard InChI is InChI=1S/C28H28N4O4/c1-35-26(33)18-22-8-2-3-10-23(22)21-9-6-7-20(17-21)19-31-13-15-32(16-14-31)28(34)29-27-24-11-4-5-12-25(24)36-30-27/h2-12,17H,13-16,18-19H2,1H3,(H,29,30,34). The van der Waals surface area contributed by atoms with E-state index < -0.39 is 0 Å². The Labute approximate surface area is 209 Å². The van der Waals surface area contributed by atoms with Gasteiger partial charge >= 0.3 is 12.0 Å². The molecule has 1 aromatic heterocycles. The first-order chi connectivity index (χ1) is 17.6. The molecule has 8 heteroatoms. The van der Waals surface area contributed by atoms with Gasteiger partial charge in [0.1, 0.15) is 0 Å². The topological polar surface area (TPSA) is 87.9 Å². The fourth-order valence-corrected chi connectivity index (χ4v) is 4.54. The van der Waals surface area contributed by atoms with Gasteiger partial charge in [0.15, 0.2) is 11.4 Å². The average Bonchev–Trinajstić information content (AvgIpc) is 3.32. The number of para-hydroxylation sites is 1. The number of nitrogens with one attached hydrogen (secondary N) is 1. The number of piperazine rings is 1. The Morgan fingerprint density at radius 2 is 1.75 bits per heavy atom. The SMILES string of the molecule is COC(=O)Cc1ccccc1-c1cccc(CN2CCN(C(=O)Nc3noc4ccccc34)CC2)c1. The second-order valence-electron chi connectivity index (χ2n) is 8.83. The van der Waals surface area contributed by atoms with Crippen molar-refractivity contribution in [3.63, 3.8) is 0 Å². The van der Waals surface area contributed by atoms with E-state index in [-0.39, 0.29) is 18.4 Å². The molecular formula is C28H28N4O4. The normalized spacial score (nSPS) is 14.1. The smallest absolute Gasteiger partial charge is 0.323 e. The van der Waals surface area contributed by atoms with Gasteiger partial charge in [-0.2, -0.15) is 0 Å². The van der Waals surface area contributed by atoms with Crippen molar-refractivity contribution in [3.8, 4) is 11.1 Å². The van der Waals surface area contributed by atoms with E-state index in [1.807, 2.05) is 54.6 Å². The fourth-order valence-electron chi connectivity index (χ4n) is 4.54. The van der Waals surface area contributed by atoms with E-state index >= 15 is 0 Å². The summed E-state index contributed by atoms with van der Waals surface area (Å²) in [6.45, 7) is 3.59. The molecule has 2 amide bonds. The van der Waals surface area contributed by atoms with Crippen molar-refractivity contribution in [2.24, 2.45) is 0 Å². The van der Waals surface area contributed by atoms with Crippen LogP contribution < -0.4 is 5.32 Å². The van der Waals surface area contributed by atoms with Crippen LogP contribution in [0.3, 0.4) is 0 Å². The summed E-state index contributed by atoms with van der Waals surface area (Å²) in [6, 6.07) is 23.6. The molecule has 1 saturated heterocycles. The van der Waals surface area contributed by atoms with Crippen LogP contribution in [0.15, 0.2) is 77.3 Å². The van der Waals surface area contributed by atoms with Crippen LogP contribution in [0, 0.1) is 0 Å². The van der Waals surface area contributed by atoms with Crippen molar-refractivity contribution in [2.45, 2.75) is 13.0 Å². The molecule has 2 heterocycles. The van der Waals surface area contributed by atoms with Gasteiger partial charge in [-0.3, -0.25) is 15.0 Å². The minimum absolute atomic E-state index is 0.169. The van der Waals surface area contributed by atoms with E-state index in [2.05, 4.69) is 33.6 Å². The summed E-state index contributed by atoms with van der Waals surface area (Å²) in [5.74, 6) is 0.194. The number of fused-ring (bicyclic) bond motifs is 1. The average molecular weight is 485 g/mol. The first kappa shape index (κ1) is 23.6. The highest BCUT2D eigenvalue weighted by Crippen LogP contribution is 2.26. The second kappa shape index (κ2) is 10.6. The maximum Gasteiger partial charge on any atom is 0.323 e. The van der Waals surface area contributed by atoms with Gasteiger partial charge in [0.2, 0.25) is 0 Å². The number of anilines is 1. The molecule has 1 N–H and O–H groups in total. The van der Waals surface area contributed by atoms with Crippen LogP contribution in [0.4, 0.5) is 10.6 Å². The van der Waals surface area contributed by atoms with Crippen LogP contribution in [0.5, 0.6) is 0 Å². The molecule has 1 aliphatic heterocycles. The lowest BCUT2D eigenvalue weighted by Gasteiger charge is -2.34. The number of nitrogens with zero attached hydrogens (tertiary/aromatic N) is 3. The lowest BCUT2D eigenvalue weighted by Crippen LogP contribution is -2.49.